The van der Waals surface area contributed by atoms with Gasteiger partial charge in [-0.2, -0.15) is 0 Å². The van der Waals surface area contributed by atoms with Gasteiger partial charge in [-0.05, 0) is 46.9 Å². The first-order chi connectivity index (χ1) is 10.8. The molecule has 2 nitrogen and oxygen atoms in total. The van der Waals surface area contributed by atoms with Crippen molar-refractivity contribution in [3.63, 3.8) is 0 Å². The molecule has 0 radical (unpaired) electrons. The van der Waals surface area contributed by atoms with E-state index < -0.39 is 0 Å². The zero-order valence-electron chi connectivity index (χ0n) is 12.6. The average molecular weight is 289 g/mol. The van der Waals surface area contributed by atoms with Crippen LogP contribution in [0.5, 0.6) is 0 Å². The lowest BCUT2D eigenvalue weighted by atomic mass is 9.95. The van der Waals surface area contributed by atoms with E-state index in [1.165, 1.54) is 6.42 Å². The fourth-order valence-corrected chi connectivity index (χ4v) is 3.50. The van der Waals surface area contributed by atoms with Gasteiger partial charge in [0.15, 0.2) is 0 Å². The topological polar surface area (TPSA) is 20.3 Å². The fraction of sp³-hybridized carbons (Fsp3) is 0.250. The maximum atomic E-state index is 13.2. The Labute approximate surface area is 130 Å². The van der Waals surface area contributed by atoms with Crippen LogP contribution in [0.2, 0.25) is 0 Å². The molecule has 0 aliphatic carbocycles. The monoisotopic (exact) mass is 289 g/mol. The SMILES string of the molecule is O=C(c1c2ccccc2cc2ccccc12)N1CCCCC1. The number of amides is 1. The third-order valence-corrected chi connectivity index (χ3v) is 4.63. The first-order valence-electron chi connectivity index (χ1n) is 8.04. The number of hydrogen-bond donors (Lipinski definition) is 0. The van der Waals surface area contributed by atoms with E-state index in [2.05, 4.69) is 30.3 Å². The lowest BCUT2D eigenvalue weighted by molar-refractivity contribution is 0.0728. The van der Waals surface area contributed by atoms with Gasteiger partial charge >= 0.3 is 0 Å². The van der Waals surface area contributed by atoms with Crippen LogP contribution in [0.15, 0.2) is 54.6 Å². The number of carbonyl (C=O) groups is 1. The number of nitrogens with zero attached hydrogens (tertiary/aromatic N) is 1. The Morgan fingerprint density at radius 3 is 1.91 bits per heavy atom. The highest BCUT2D eigenvalue weighted by Gasteiger charge is 2.22. The summed E-state index contributed by atoms with van der Waals surface area (Å²) in [4.78, 5) is 15.2. The van der Waals surface area contributed by atoms with E-state index in [9.17, 15) is 4.79 Å². The van der Waals surface area contributed by atoms with Crippen molar-refractivity contribution in [1.82, 2.24) is 4.90 Å². The first kappa shape index (κ1) is 13.3. The van der Waals surface area contributed by atoms with Crippen molar-refractivity contribution in [2.75, 3.05) is 13.1 Å². The molecule has 4 rings (SSSR count). The van der Waals surface area contributed by atoms with Crippen LogP contribution in [0.25, 0.3) is 21.5 Å². The van der Waals surface area contributed by atoms with Gasteiger partial charge < -0.3 is 4.90 Å². The lowest BCUT2D eigenvalue weighted by Gasteiger charge is -2.27. The van der Waals surface area contributed by atoms with E-state index >= 15 is 0 Å². The second-order valence-electron chi connectivity index (χ2n) is 6.05. The van der Waals surface area contributed by atoms with Gasteiger partial charge in [-0.3, -0.25) is 4.79 Å². The van der Waals surface area contributed by atoms with Crippen molar-refractivity contribution in [1.29, 1.82) is 0 Å². The highest BCUT2D eigenvalue weighted by atomic mass is 16.2. The number of hydrogen-bond acceptors (Lipinski definition) is 1. The number of piperidine rings is 1. The standard InChI is InChI=1S/C20H19NO/c22-20(21-12-6-1-7-13-21)19-17-10-4-2-8-15(17)14-16-9-3-5-11-18(16)19/h2-5,8-11,14H,1,6-7,12-13H2. The van der Waals surface area contributed by atoms with Crippen molar-refractivity contribution < 1.29 is 4.79 Å². The van der Waals surface area contributed by atoms with Crippen LogP contribution in [0.4, 0.5) is 0 Å². The van der Waals surface area contributed by atoms with Gasteiger partial charge in [0.25, 0.3) is 5.91 Å². The summed E-state index contributed by atoms with van der Waals surface area (Å²) in [5, 5.41) is 4.41. The summed E-state index contributed by atoms with van der Waals surface area (Å²) in [6.07, 6.45) is 3.48. The van der Waals surface area contributed by atoms with Crippen molar-refractivity contribution in [2.45, 2.75) is 19.3 Å². The Hall–Kier alpha value is -2.35. The van der Waals surface area contributed by atoms with Crippen LogP contribution in [0.3, 0.4) is 0 Å². The minimum Gasteiger partial charge on any atom is -0.339 e. The zero-order chi connectivity index (χ0) is 14.9. The van der Waals surface area contributed by atoms with E-state index in [0.29, 0.717) is 0 Å². The van der Waals surface area contributed by atoms with Crippen LogP contribution < -0.4 is 0 Å². The normalized spacial score (nSPS) is 15.4. The molecule has 0 spiro atoms. The van der Waals surface area contributed by atoms with E-state index in [1.54, 1.807) is 0 Å². The van der Waals surface area contributed by atoms with Gasteiger partial charge in [0, 0.05) is 13.1 Å². The fourth-order valence-electron chi connectivity index (χ4n) is 3.50. The second-order valence-corrected chi connectivity index (χ2v) is 6.05. The number of carbonyl (C=O) groups excluding carboxylic acids is 1. The van der Waals surface area contributed by atoms with E-state index in [1.807, 2.05) is 29.2 Å². The predicted octanol–water partition coefficient (Wildman–Crippen LogP) is 4.62. The van der Waals surface area contributed by atoms with Gasteiger partial charge in [-0.25, -0.2) is 0 Å². The summed E-state index contributed by atoms with van der Waals surface area (Å²) in [5.41, 5.74) is 0.871. The molecule has 3 aromatic rings. The third kappa shape index (κ3) is 2.16. The van der Waals surface area contributed by atoms with Gasteiger partial charge in [0.05, 0.1) is 5.56 Å². The van der Waals surface area contributed by atoms with Crippen LogP contribution in [-0.4, -0.2) is 23.9 Å². The zero-order valence-corrected chi connectivity index (χ0v) is 12.6. The molecule has 1 aliphatic rings. The highest BCUT2D eigenvalue weighted by Crippen LogP contribution is 2.30. The molecule has 1 fully saturated rings. The molecule has 0 saturated carbocycles. The molecule has 0 unspecified atom stereocenters. The smallest absolute Gasteiger partial charge is 0.255 e. The Morgan fingerprint density at radius 2 is 1.32 bits per heavy atom. The lowest BCUT2D eigenvalue weighted by Crippen LogP contribution is -2.35. The van der Waals surface area contributed by atoms with Crippen molar-refractivity contribution in [2.24, 2.45) is 0 Å². The third-order valence-electron chi connectivity index (χ3n) is 4.63. The molecule has 1 amide bonds. The van der Waals surface area contributed by atoms with Crippen LogP contribution in [-0.2, 0) is 0 Å². The molecule has 0 bridgehead atoms. The molecule has 0 aromatic heterocycles. The van der Waals surface area contributed by atoms with E-state index in [4.69, 9.17) is 0 Å². The number of rotatable bonds is 1. The maximum Gasteiger partial charge on any atom is 0.255 e. The van der Waals surface area contributed by atoms with Crippen molar-refractivity contribution in [3.8, 4) is 0 Å². The minimum atomic E-state index is 0.188. The number of likely N-dealkylation sites (tertiary alicyclic amines) is 1. The summed E-state index contributed by atoms with van der Waals surface area (Å²) in [5.74, 6) is 0.188. The summed E-state index contributed by atoms with van der Waals surface area (Å²) < 4.78 is 0. The molecule has 1 aliphatic heterocycles. The van der Waals surface area contributed by atoms with E-state index in [0.717, 1.165) is 53.0 Å². The Balaban J connectivity index is 1.97. The molecule has 2 heteroatoms. The highest BCUT2D eigenvalue weighted by molar-refractivity contribution is 6.18. The molecule has 0 atom stereocenters. The molecular formula is C20H19NO. The number of benzene rings is 3. The van der Waals surface area contributed by atoms with Crippen LogP contribution in [0.1, 0.15) is 29.6 Å². The predicted molar refractivity (Wildman–Crippen MR) is 91.2 cm³/mol. The first-order valence-corrected chi connectivity index (χ1v) is 8.04. The summed E-state index contributed by atoms with van der Waals surface area (Å²) in [7, 11) is 0. The van der Waals surface area contributed by atoms with Crippen molar-refractivity contribution >= 4 is 27.5 Å². The minimum absolute atomic E-state index is 0.188. The van der Waals surface area contributed by atoms with Gasteiger partial charge in [0.1, 0.15) is 0 Å². The summed E-state index contributed by atoms with van der Waals surface area (Å²) in [6, 6.07) is 18.6. The molecule has 110 valence electrons. The molecule has 3 aromatic carbocycles. The summed E-state index contributed by atoms with van der Waals surface area (Å²) >= 11 is 0. The molecular weight excluding hydrogens is 270 g/mol. The maximum absolute atomic E-state index is 13.2. The van der Waals surface area contributed by atoms with Gasteiger partial charge in [-0.1, -0.05) is 48.5 Å². The molecule has 1 saturated heterocycles. The largest absolute Gasteiger partial charge is 0.339 e. The quantitative estimate of drug-likeness (QED) is 0.599. The molecule has 0 N–H and O–H groups in total. The Morgan fingerprint density at radius 1 is 0.773 bits per heavy atom. The molecule has 1 heterocycles. The Bertz CT molecular complexity index is 793. The second kappa shape index (κ2) is 5.45. The van der Waals surface area contributed by atoms with E-state index in [-0.39, 0.29) is 5.91 Å². The van der Waals surface area contributed by atoms with Crippen molar-refractivity contribution in [3.05, 3.63) is 60.2 Å². The van der Waals surface area contributed by atoms with Crippen LogP contribution >= 0.6 is 0 Å². The van der Waals surface area contributed by atoms with Gasteiger partial charge in [-0.15, -0.1) is 0 Å². The Kier molecular flexibility index (Phi) is 3.30. The molecule has 22 heavy (non-hydrogen) atoms. The number of fused-ring (bicyclic) bond motifs is 2. The van der Waals surface area contributed by atoms with Crippen LogP contribution in [0, 0.1) is 0 Å². The average Bonchev–Trinajstić information content (AvgIpc) is 2.60. The summed E-state index contributed by atoms with van der Waals surface area (Å²) in [6.45, 7) is 1.77. The van der Waals surface area contributed by atoms with Gasteiger partial charge in [0.2, 0.25) is 0 Å².